The van der Waals surface area contributed by atoms with Crippen LogP contribution in [0.5, 0.6) is 0 Å². The Balaban J connectivity index is 1.41. The summed E-state index contributed by atoms with van der Waals surface area (Å²) in [5.41, 5.74) is 0.257. The molecule has 0 spiro atoms. The first-order chi connectivity index (χ1) is 21.6. The highest BCUT2D eigenvalue weighted by atomic mass is 32.2. The Hall–Kier alpha value is -4.69. The lowest BCUT2D eigenvalue weighted by Crippen LogP contribution is -2.42. The monoisotopic (exact) mass is 666 g/mol. The number of aliphatic hydroxyl groups excluding tert-OH is 1. The summed E-state index contributed by atoms with van der Waals surface area (Å²) in [6.45, 7) is 5.70. The van der Waals surface area contributed by atoms with E-state index in [1.165, 1.54) is 12.1 Å². The van der Waals surface area contributed by atoms with Gasteiger partial charge in [-0.3, -0.25) is 9.52 Å². The maximum atomic E-state index is 14.1. The number of nitrogens with zero attached hydrogens (tertiary/aromatic N) is 2. The molecule has 3 aromatic rings. The Morgan fingerprint density at radius 3 is 2.46 bits per heavy atom. The Morgan fingerprint density at radius 2 is 1.76 bits per heavy atom. The topological polar surface area (TPSA) is 172 Å². The molecule has 1 amide bonds. The minimum Gasteiger partial charge on any atom is -0.506 e. The number of ketones is 1. The van der Waals surface area contributed by atoms with Crippen LogP contribution in [0.3, 0.4) is 0 Å². The van der Waals surface area contributed by atoms with E-state index < -0.39 is 37.5 Å². The number of aliphatic hydroxyl groups is 1. The van der Waals surface area contributed by atoms with Gasteiger partial charge in [-0.2, -0.15) is 21.1 Å². The van der Waals surface area contributed by atoms with Crippen molar-refractivity contribution in [1.29, 1.82) is 0 Å². The molecule has 3 aromatic carbocycles. The molecule has 0 aromatic heterocycles. The van der Waals surface area contributed by atoms with Crippen molar-refractivity contribution in [3.05, 3.63) is 95.1 Å². The zero-order valence-corrected chi connectivity index (χ0v) is 27.3. The summed E-state index contributed by atoms with van der Waals surface area (Å²) in [5, 5.41) is 14.1. The molecule has 14 heteroatoms. The average molecular weight is 667 g/mol. The number of fused-ring (bicyclic) bond motifs is 2. The lowest BCUT2D eigenvalue weighted by Gasteiger charge is -2.36. The fraction of sp³-hybridized carbons (Fsp3) is 0.281. The summed E-state index contributed by atoms with van der Waals surface area (Å²) in [7, 11) is -8.00. The fourth-order valence-corrected chi connectivity index (χ4v) is 7.27. The molecule has 1 unspecified atom stereocenters. The summed E-state index contributed by atoms with van der Waals surface area (Å²) in [5.74, 6) is -0.905. The number of hydrogen-bond acceptors (Lipinski definition) is 9. The molecule has 2 aliphatic rings. The van der Waals surface area contributed by atoms with Crippen LogP contribution in [0, 0.1) is 5.92 Å². The van der Waals surface area contributed by atoms with Crippen LogP contribution in [0.15, 0.2) is 87.7 Å². The predicted molar refractivity (Wildman–Crippen MR) is 174 cm³/mol. The number of amides is 1. The van der Waals surface area contributed by atoms with Crippen molar-refractivity contribution < 1.29 is 36.3 Å². The van der Waals surface area contributed by atoms with E-state index in [4.69, 9.17) is 4.74 Å². The molecule has 0 saturated heterocycles. The third kappa shape index (κ3) is 6.22. The summed E-state index contributed by atoms with van der Waals surface area (Å²) in [6, 6.07) is 19.3. The molecule has 5 rings (SSSR count). The van der Waals surface area contributed by atoms with E-state index in [0.29, 0.717) is 39.8 Å². The van der Waals surface area contributed by atoms with Crippen LogP contribution in [0.4, 0.5) is 16.2 Å². The number of anilines is 2. The molecule has 46 heavy (non-hydrogen) atoms. The van der Waals surface area contributed by atoms with E-state index in [-0.39, 0.29) is 40.0 Å². The largest absolute Gasteiger partial charge is 0.506 e. The molecular formula is C32H34N4O8S2. The first-order valence-electron chi connectivity index (χ1n) is 14.5. The van der Waals surface area contributed by atoms with Gasteiger partial charge in [-0.15, -0.1) is 4.40 Å². The van der Waals surface area contributed by atoms with Crippen LogP contribution < -0.4 is 10.0 Å². The van der Waals surface area contributed by atoms with E-state index in [1.54, 1.807) is 61.5 Å². The van der Waals surface area contributed by atoms with Crippen molar-refractivity contribution in [2.45, 2.75) is 50.5 Å². The number of amidine groups is 1. The van der Waals surface area contributed by atoms with E-state index in [9.17, 15) is 31.5 Å². The van der Waals surface area contributed by atoms with Gasteiger partial charge in [0.05, 0.1) is 16.8 Å². The predicted octanol–water partition coefficient (Wildman–Crippen LogP) is 5.37. The van der Waals surface area contributed by atoms with Crippen LogP contribution in [-0.2, 0) is 41.8 Å². The highest BCUT2D eigenvalue weighted by Gasteiger charge is 2.46. The van der Waals surface area contributed by atoms with Gasteiger partial charge in [0.1, 0.15) is 22.8 Å². The molecule has 242 valence electrons. The fourth-order valence-electron chi connectivity index (χ4n) is 5.31. The SMILES string of the molecule is CC(C)CCC1(C)C(=O)C(C2=NS(=O)(=O)c3cc(NS(=O)(=O)N(C)C(=O)OCc4ccccc4)ccc3N2)=C(O)c2ccccc21. The molecule has 0 radical (unpaired) electrons. The number of rotatable bonds is 9. The number of carbonyl (C=O) groups excluding carboxylic acids is 2. The summed E-state index contributed by atoms with van der Waals surface area (Å²) >= 11 is 0. The van der Waals surface area contributed by atoms with Crippen LogP contribution in [0.2, 0.25) is 0 Å². The molecule has 12 nitrogen and oxygen atoms in total. The quantitative estimate of drug-likeness (QED) is 0.272. The van der Waals surface area contributed by atoms with Crippen molar-refractivity contribution in [3.63, 3.8) is 0 Å². The normalized spacial score (nSPS) is 18.6. The first-order valence-corrected chi connectivity index (χ1v) is 17.3. The number of Topliss-reactive ketones (excluding diaryl/α,β-unsaturated/α-hetero) is 1. The van der Waals surface area contributed by atoms with Crippen LogP contribution in [0.25, 0.3) is 5.76 Å². The Kier molecular flexibility index (Phi) is 8.71. The lowest BCUT2D eigenvalue weighted by molar-refractivity contribution is -0.120. The standard InChI is InChI=1S/C32H34N4O8S2/c1-20(2)16-17-32(3)24-13-9-8-12-23(24)28(37)27(29(32)38)30-33-25-15-14-22(18-26(25)45(40,41)35-30)34-46(42,43)36(4)31(39)44-19-21-10-6-5-7-11-21/h5-15,18,20,34,37H,16-17,19H2,1-4H3,(H,33,35). The van der Waals surface area contributed by atoms with E-state index in [2.05, 4.69) is 14.4 Å². The highest BCUT2D eigenvalue weighted by Crippen LogP contribution is 2.44. The van der Waals surface area contributed by atoms with Crippen molar-refractivity contribution in [1.82, 2.24) is 4.31 Å². The van der Waals surface area contributed by atoms with Crippen LogP contribution >= 0.6 is 0 Å². The first kappa shape index (κ1) is 32.7. The third-order valence-corrected chi connectivity index (χ3v) is 10.7. The number of ether oxygens (including phenoxy) is 1. The molecule has 1 aliphatic heterocycles. The lowest BCUT2D eigenvalue weighted by atomic mass is 9.66. The van der Waals surface area contributed by atoms with Gasteiger partial charge in [0.15, 0.2) is 11.6 Å². The number of carbonyl (C=O) groups is 2. The highest BCUT2D eigenvalue weighted by molar-refractivity contribution is 7.91. The molecule has 1 aliphatic carbocycles. The number of sulfonamides is 1. The van der Waals surface area contributed by atoms with Gasteiger partial charge >= 0.3 is 16.3 Å². The second-order valence-electron chi connectivity index (χ2n) is 11.7. The zero-order chi connectivity index (χ0) is 33.4. The molecule has 0 saturated carbocycles. The molecule has 0 fully saturated rings. The van der Waals surface area contributed by atoms with Crippen molar-refractivity contribution in [2.24, 2.45) is 10.3 Å². The average Bonchev–Trinajstić information content (AvgIpc) is 3.02. The molecule has 3 N–H and O–H groups in total. The van der Waals surface area contributed by atoms with E-state index in [0.717, 1.165) is 13.1 Å². The second kappa shape index (κ2) is 12.2. The Morgan fingerprint density at radius 1 is 1.09 bits per heavy atom. The van der Waals surface area contributed by atoms with Crippen molar-refractivity contribution >= 4 is 55.1 Å². The van der Waals surface area contributed by atoms with Gasteiger partial charge in [0.2, 0.25) is 0 Å². The Bertz CT molecular complexity index is 1990. The van der Waals surface area contributed by atoms with Crippen molar-refractivity contribution in [3.8, 4) is 0 Å². The van der Waals surface area contributed by atoms with Gasteiger partial charge in [-0.1, -0.05) is 68.4 Å². The van der Waals surface area contributed by atoms with Gasteiger partial charge in [-0.25, -0.2) is 4.79 Å². The molecular weight excluding hydrogens is 633 g/mol. The molecule has 0 bridgehead atoms. The third-order valence-electron chi connectivity index (χ3n) is 7.99. The van der Waals surface area contributed by atoms with E-state index >= 15 is 0 Å². The molecule has 1 heterocycles. The van der Waals surface area contributed by atoms with E-state index in [1.807, 2.05) is 13.8 Å². The summed E-state index contributed by atoms with van der Waals surface area (Å²) in [6.07, 6.45) is 0.0284. The number of hydrogen-bond donors (Lipinski definition) is 3. The zero-order valence-electron chi connectivity index (χ0n) is 25.6. The van der Waals surface area contributed by atoms with Crippen molar-refractivity contribution in [2.75, 3.05) is 17.1 Å². The number of nitrogens with one attached hydrogen (secondary N) is 2. The minimum absolute atomic E-state index is 0.0133. The maximum absolute atomic E-state index is 14.1. The maximum Gasteiger partial charge on any atom is 0.425 e. The second-order valence-corrected chi connectivity index (χ2v) is 15.0. The van der Waals surface area contributed by atoms with Gasteiger partial charge in [0, 0.05) is 12.6 Å². The van der Waals surface area contributed by atoms with Gasteiger partial charge in [0.25, 0.3) is 10.0 Å². The van der Waals surface area contributed by atoms with Gasteiger partial charge < -0.3 is 15.2 Å². The smallest absolute Gasteiger partial charge is 0.425 e. The minimum atomic E-state index is -4.50. The van der Waals surface area contributed by atoms with Crippen LogP contribution in [-0.4, -0.2) is 51.0 Å². The van der Waals surface area contributed by atoms with Gasteiger partial charge in [-0.05, 0) is 55.0 Å². The summed E-state index contributed by atoms with van der Waals surface area (Å²) in [4.78, 5) is 26.1. The number of benzene rings is 3. The van der Waals surface area contributed by atoms with Crippen LogP contribution in [0.1, 0.15) is 50.3 Å². The molecule has 1 atom stereocenters. The Labute approximate surface area is 268 Å². The summed E-state index contributed by atoms with van der Waals surface area (Å²) < 4.78 is 64.2.